The number of likely N-dealkylation sites (N-methyl/N-ethyl adjacent to an activating group) is 1. The lowest BCUT2D eigenvalue weighted by Gasteiger charge is -2.25. The molecule has 212 valence electrons. The fraction of sp³-hybridized carbons (Fsp3) is 0.281. The highest BCUT2D eigenvalue weighted by Crippen LogP contribution is 2.44. The Hall–Kier alpha value is -4.66. The Balaban J connectivity index is 1.37. The van der Waals surface area contributed by atoms with Crippen molar-refractivity contribution in [1.82, 2.24) is 9.47 Å². The van der Waals surface area contributed by atoms with Crippen LogP contribution in [0, 0.1) is 5.82 Å². The fourth-order valence-electron chi connectivity index (χ4n) is 5.32. The minimum absolute atomic E-state index is 0.0344. The summed E-state index contributed by atoms with van der Waals surface area (Å²) in [7, 11) is 1.35. The van der Waals surface area contributed by atoms with Crippen molar-refractivity contribution in [2.45, 2.75) is 44.8 Å². The molecule has 1 aliphatic carbocycles. The smallest absolute Gasteiger partial charge is 0.419 e. The number of aromatic nitrogens is 1. The standard InChI is InChI=1S/C32H31FN2O6/c1-32(2,3)41-31(39)35-17-19(25-16-20(33)13-14-27(25)35)15-28(29(36)37)34(4)30(38)40-18-26-23-11-7-5-9-21(23)22-10-6-8-12-24(22)26/h5-14,16-17,26,28H,15,18H2,1-4H3,(H,36,37)/t28-/m0/s1. The van der Waals surface area contributed by atoms with Crippen LogP contribution in [0.2, 0.25) is 0 Å². The summed E-state index contributed by atoms with van der Waals surface area (Å²) in [6.07, 6.45) is -0.246. The molecule has 1 aromatic heterocycles. The molecule has 0 saturated heterocycles. The van der Waals surface area contributed by atoms with Crippen molar-refractivity contribution >= 4 is 29.1 Å². The van der Waals surface area contributed by atoms with Crippen LogP contribution in [0.1, 0.15) is 43.4 Å². The van der Waals surface area contributed by atoms with Gasteiger partial charge in [0, 0.05) is 31.0 Å². The van der Waals surface area contributed by atoms with Crippen LogP contribution < -0.4 is 0 Å². The van der Waals surface area contributed by atoms with Crippen LogP contribution in [0.3, 0.4) is 0 Å². The summed E-state index contributed by atoms with van der Waals surface area (Å²) in [6, 6.07) is 18.4. The lowest BCUT2D eigenvalue weighted by atomic mass is 9.98. The Morgan fingerprint density at radius 2 is 1.61 bits per heavy atom. The van der Waals surface area contributed by atoms with Crippen molar-refractivity contribution in [1.29, 1.82) is 0 Å². The number of fused-ring (bicyclic) bond motifs is 4. The van der Waals surface area contributed by atoms with Gasteiger partial charge in [0.05, 0.1) is 5.52 Å². The summed E-state index contributed by atoms with van der Waals surface area (Å²) < 4.78 is 26.6. The number of nitrogens with zero attached hydrogens (tertiary/aromatic N) is 2. The lowest BCUT2D eigenvalue weighted by Crippen LogP contribution is -2.44. The predicted octanol–water partition coefficient (Wildman–Crippen LogP) is 6.44. The average Bonchev–Trinajstić information content (AvgIpc) is 3.44. The van der Waals surface area contributed by atoms with Gasteiger partial charge in [-0.2, -0.15) is 0 Å². The number of halogens is 1. The highest BCUT2D eigenvalue weighted by Gasteiger charge is 2.33. The van der Waals surface area contributed by atoms with Crippen LogP contribution in [0.25, 0.3) is 22.0 Å². The maximum atomic E-state index is 14.2. The molecule has 1 atom stereocenters. The largest absolute Gasteiger partial charge is 0.480 e. The maximum absolute atomic E-state index is 14.2. The quantitative estimate of drug-likeness (QED) is 0.293. The Morgan fingerprint density at radius 3 is 2.20 bits per heavy atom. The summed E-state index contributed by atoms with van der Waals surface area (Å²) in [5, 5.41) is 10.4. The molecular weight excluding hydrogens is 527 g/mol. The lowest BCUT2D eigenvalue weighted by molar-refractivity contribution is -0.142. The minimum atomic E-state index is -1.34. The minimum Gasteiger partial charge on any atom is -0.480 e. The molecular formula is C32H31FN2O6. The van der Waals surface area contributed by atoms with Crippen molar-refractivity contribution in [2.24, 2.45) is 0 Å². The van der Waals surface area contributed by atoms with Gasteiger partial charge in [-0.1, -0.05) is 48.5 Å². The maximum Gasteiger partial charge on any atom is 0.419 e. The zero-order valence-electron chi connectivity index (χ0n) is 23.3. The molecule has 41 heavy (non-hydrogen) atoms. The van der Waals surface area contributed by atoms with Gasteiger partial charge in [0.1, 0.15) is 24.1 Å². The van der Waals surface area contributed by atoms with E-state index in [2.05, 4.69) is 0 Å². The Labute approximate surface area is 236 Å². The SMILES string of the molecule is CN(C(=O)OCC1c2ccccc2-c2ccccc21)[C@@H](Cc1cn(C(=O)OC(C)(C)C)c2ccc(F)cc12)C(=O)O. The first kappa shape index (κ1) is 27.9. The molecule has 0 bridgehead atoms. The van der Waals surface area contributed by atoms with E-state index < -0.39 is 35.6 Å². The number of amides is 1. The van der Waals surface area contributed by atoms with Crippen molar-refractivity contribution < 1.29 is 33.4 Å². The number of carbonyl (C=O) groups is 3. The number of aliphatic carboxylic acids is 1. The molecule has 0 aliphatic heterocycles. The molecule has 1 heterocycles. The third-order valence-electron chi connectivity index (χ3n) is 7.23. The first-order valence-corrected chi connectivity index (χ1v) is 13.3. The van der Waals surface area contributed by atoms with E-state index in [-0.39, 0.29) is 18.9 Å². The van der Waals surface area contributed by atoms with E-state index in [9.17, 15) is 23.9 Å². The van der Waals surface area contributed by atoms with E-state index in [0.717, 1.165) is 27.2 Å². The van der Waals surface area contributed by atoms with E-state index >= 15 is 0 Å². The molecule has 1 aliphatic rings. The molecule has 0 spiro atoms. The Kier molecular flexibility index (Phi) is 7.29. The monoisotopic (exact) mass is 558 g/mol. The van der Waals surface area contributed by atoms with Crippen LogP contribution in [-0.2, 0) is 20.7 Å². The van der Waals surface area contributed by atoms with E-state index in [0.29, 0.717) is 16.5 Å². The normalized spacial score (nSPS) is 13.4. The summed E-state index contributed by atoms with van der Waals surface area (Å²) in [5.41, 5.74) is 4.19. The van der Waals surface area contributed by atoms with Gasteiger partial charge >= 0.3 is 18.2 Å². The van der Waals surface area contributed by atoms with E-state index in [1.54, 1.807) is 20.8 Å². The third kappa shape index (κ3) is 5.52. The van der Waals surface area contributed by atoms with Crippen molar-refractivity contribution in [3.8, 4) is 11.1 Å². The second kappa shape index (κ2) is 10.7. The predicted molar refractivity (Wildman–Crippen MR) is 151 cm³/mol. The fourth-order valence-corrected chi connectivity index (χ4v) is 5.32. The summed E-state index contributed by atoms with van der Waals surface area (Å²) in [6.45, 7) is 5.20. The van der Waals surface area contributed by atoms with Crippen LogP contribution in [0.4, 0.5) is 14.0 Å². The zero-order chi connectivity index (χ0) is 29.5. The van der Waals surface area contributed by atoms with Gasteiger partial charge in [0.25, 0.3) is 0 Å². The van der Waals surface area contributed by atoms with Gasteiger partial charge in [-0.3, -0.25) is 9.47 Å². The van der Waals surface area contributed by atoms with Crippen molar-refractivity contribution in [3.05, 3.63) is 95.4 Å². The summed E-state index contributed by atoms with van der Waals surface area (Å²) >= 11 is 0. The molecule has 0 unspecified atom stereocenters. The molecule has 5 rings (SSSR count). The van der Waals surface area contributed by atoms with E-state index in [1.165, 1.54) is 36.0 Å². The number of hydrogen-bond donors (Lipinski definition) is 1. The van der Waals surface area contributed by atoms with Crippen molar-refractivity contribution in [2.75, 3.05) is 13.7 Å². The number of rotatable bonds is 6. The van der Waals surface area contributed by atoms with Gasteiger partial charge in [-0.25, -0.2) is 18.8 Å². The molecule has 1 amide bonds. The molecule has 3 aromatic carbocycles. The first-order valence-electron chi connectivity index (χ1n) is 13.3. The second-order valence-corrected chi connectivity index (χ2v) is 11.1. The molecule has 1 N–H and O–H groups in total. The van der Waals surface area contributed by atoms with Crippen LogP contribution >= 0.6 is 0 Å². The van der Waals surface area contributed by atoms with Gasteiger partial charge in [0.2, 0.25) is 0 Å². The summed E-state index contributed by atoms with van der Waals surface area (Å²) in [5.74, 6) is -1.99. The van der Waals surface area contributed by atoms with E-state index in [4.69, 9.17) is 9.47 Å². The molecule has 0 fully saturated rings. The number of carbonyl (C=O) groups excluding carboxylic acids is 2. The third-order valence-corrected chi connectivity index (χ3v) is 7.23. The highest BCUT2D eigenvalue weighted by atomic mass is 19.1. The molecule has 0 saturated carbocycles. The second-order valence-electron chi connectivity index (χ2n) is 11.1. The first-order chi connectivity index (χ1) is 19.4. The van der Waals surface area contributed by atoms with Crippen LogP contribution in [-0.4, -0.2) is 58.0 Å². The molecule has 8 nitrogen and oxygen atoms in total. The zero-order valence-corrected chi connectivity index (χ0v) is 23.3. The Morgan fingerprint density at radius 1 is 1.00 bits per heavy atom. The van der Waals surface area contributed by atoms with Gasteiger partial charge in [-0.15, -0.1) is 0 Å². The van der Waals surface area contributed by atoms with Gasteiger partial charge < -0.3 is 14.6 Å². The van der Waals surface area contributed by atoms with Gasteiger partial charge in [-0.05, 0) is 66.8 Å². The number of ether oxygens (including phenoxy) is 2. The molecule has 4 aromatic rings. The van der Waals surface area contributed by atoms with Crippen LogP contribution in [0.5, 0.6) is 0 Å². The topological polar surface area (TPSA) is 98.1 Å². The summed E-state index contributed by atoms with van der Waals surface area (Å²) in [4.78, 5) is 39.4. The number of carboxylic acid groups (broad SMARTS) is 1. The molecule has 9 heteroatoms. The number of hydrogen-bond acceptors (Lipinski definition) is 5. The Bertz CT molecular complexity index is 1610. The average molecular weight is 559 g/mol. The number of carboxylic acids is 1. The highest BCUT2D eigenvalue weighted by molar-refractivity contribution is 5.93. The molecule has 0 radical (unpaired) electrons. The van der Waals surface area contributed by atoms with E-state index in [1.807, 2.05) is 48.5 Å². The van der Waals surface area contributed by atoms with Crippen molar-refractivity contribution in [3.63, 3.8) is 0 Å². The van der Waals surface area contributed by atoms with Crippen LogP contribution in [0.15, 0.2) is 72.9 Å². The number of benzene rings is 3. The van der Waals surface area contributed by atoms with Gasteiger partial charge in [0.15, 0.2) is 0 Å².